The first-order valence-electron chi connectivity index (χ1n) is 10.7. The minimum absolute atomic E-state index is 0.0368. The smallest absolute Gasteiger partial charge is 0.359 e. The van der Waals surface area contributed by atoms with E-state index >= 15 is 0 Å². The lowest BCUT2D eigenvalue weighted by molar-refractivity contribution is -0.124. The molecule has 4 aromatic rings. The van der Waals surface area contributed by atoms with Crippen LogP contribution in [0.25, 0.3) is 10.8 Å². The zero-order valence-corrected chi connectivity index (χ0v) is 18.2. The number of benzene rings is 3. The van der Waals surface area contributed by atoms with Crippen LogP contribution in [0.4, 0.5) is 4.39 Å². The van der Waals surface area contributed by atoms with Crippen molar-refractivity contribution in [1.29, 1.82) is 0 Å². The van der Waals surface area contributed by atoms with Gasteiger partial charge in [-0.1, -0.05) is 60.7 Å². The van der Waals surface area contributed by atoms with Crippen LogP contribution in [0.2, 0.25) is 0 Å². The fourth-order valence-electron chi connectivity index (χ4n) is 3.50. The lowest BCUT2D eigenvalue weighted by atomic mass is 10.1. The summed E-state index contributed by atoms with van der Waals surface area (Å²) in [7, 11) is 0. The van der Waals surface area contributed by atoms with E-state index < -0.39 is 18.5 Å². The van der Waals surface area contributed by atoms with Crippen LogP contribution in [0.5, 0.6) is 0 Å². The van der Waals surface area contributed by atoms with Crippen LogP contribution in [0.15, 0.2) is 83.7 Å². The van der Waals surface area contributed by atoms with Gasteiger partial charge in [-0.3, -0.25) is 9.59 Å². The largest absolute Gasteiger partial charge is 0.451 e. The van der Waals surface area contributed by atoms with Crippen molar-refractivity contribution in [2.45, 2.75) is 13.0 Å². The van der Waals surface area contributed by atoms with E-state index in [0.29, 0.717) is 23.7 Å². The number of esters is 1. The van der Waals surface area contributed by atoms with Gasteiger partial charge in [-0.2, -0.15) is 5.10 Å². The minimum atomic E-state index is -0.799. The van der Waals surface area contributed by atoms with Gasteiger partial charge >= 0.3 is 5.97 Å². The van der Waals surface area contributed by atoms with Gasteiger partial charge in [-0.15, -0.1) is 0 Å². The maximum absolute atomic E-state index is 13.0. The number of nitrogens with one attached hydrogen (secondary N) is 1. The number of rotatable bonds is 8. The molecular formula is C26H22FN3O4. The second-order valence-corrected chi connectivity index (χ2v) is 7.65. The molecule has 7 nitrogen and oxygen atoms in total. The molecule has 0 radical (unpaired) electrons. The van der Waals surface area contributed by atoms with E-state index in [1.54, 1.807) is 36.4 Å². The van der Waals surface area contributed by atoms with Crippen molar-refractivity contribution >= 4 is 22.6 Å². The molecule has 0 saturated carbocycles. The van der Waals surface area contributed by atoms with Crippen LogP contribution in [0, 0.1) is 5.82 Å². The molecule has 0 fully saturated rings. The van der Waals surface area contributed by atoms with Gasteiger partial charge in [0.25, 0.3) is 11.5 Å². The number of carbonyl (C=O) groups excluding carboxylic acids is 2. The highest BCUT2D eigenvalue weighted by Crippen LogP contribution is 2.15. The topological polar surface area (TPSA) is 90.3 Å². The highest BCUT2D eigenvalue weighted by atomic mass is 19.1. The SMILES string of the molecule is O=C(COC(=O)c1nn(Cc2ccccc2)c(=O)c2ccccc12)NCCc1ccc(F)cc1. The molecule has 1 aromatic heterocycles. The van der Waals surface area contributed by atoms with Gasteiger partial charge in [-0.05, 0) is 35.7 Å². The average Bonchev–Trinajstić information content (AvgIpc) is 2.86. The van der Waals surface area contributed by atoms with E-state index in [4.69, 9.17) is 4.74 Å². The van der Waals surface area contributed by atoms with E-state index in [1.165, 1.54) is 16.8 Å². The molecule has 1 N–H and O–H groups in total. The molecular weight excluding hydrogens is 437 g/mol. The third kappa shape index (κ3) is 5.53. The second kappa shape index (κ2) is 10.5. The maximum Gasteiger partial charge on any atom is 0.359 e. The van der Waals surface area contributed by atoms with E-state index in [9.17, 15) is 18.8 Å². The molecule has 4 rings (SSSR count). The molecule has 0 aliphatic heterocycles. The second-order valence-electron chi connectivity index (χ2n) is 7.65. The van der Waals surface area contributed by atoms with Crippen LogP contribution in [0.3, 0.4) is 0 Å². The molecule has 0 aliphatic carbocycles. The highest BCUT2D eigenvalue weighted by molar-refractivity contribution is 6.02. The Bertz CT molecular complexity index is 1370. The molecule has 34 heavy (non-hydrogen) atoms. The van der Waals surface area contributed by atoms with Crippen molar-refractivity contribution in [2.75, 3.05) is 13.2 Å². The molecule has 0 bridgehead atoms. The first-order valence-corrected chi connectivity index (χ1v) is 10.7. The van der Waals surface area contributed by atoms with Crippen molar-refractivity contribution in [3.05, 3.63) is 112 Å². The zero-order chi connectivity index (χ0) is 23.9. The first kappa shape index (κ1) is 22.8. The molecule has 3 aromatic carbocycles. The Morgan fingerprint density at radius 3 is 2.29 bits per heavy atom. The summed E-state index contributed by atoms with van der Waals surface area (Å²) < 4.78 is 19.4. The van der Waals surface area contributed by atoms with Gasteiger partial charge in [0.2, 0.25) is 0 Å². The van der Waals surface area contributed by atoms with Crippen molar-refractivity contribution in [3.8, 4) is 0 Å². The number of fused-ring (bicyclic) bond motifs is 1. The van der Waals surface area contributed by atoms with Crippen LogP contribution in [0.1, 0.15) is 21.6 Å². The summed E-state index contributed by atoms with van der Waals surface area (Å²) in [6.45, 7) is 0.00980. The van der Waals surface area contributed by atoms with Crippen LogP contribution in [-0.4, -0.2) is 34.8 Å². The molecule has 0 spiro atoms. The number of nitrogens with zero attached hydrogens (tertiary/aromatic N) is 2. The Kier molecular flexibility index (Phi) is 7.07. The van der Waals surface area contributed by atoms with Crippen molar-refractivity contribution < 1.29 is 18.7 Å². The number of hydrogen-bond donors (Lipinski definition) is 1. The Morgan fingerprint density at radius 1 is 0.882 bits per heavy atom. The normalized spacial score (nSPS) is 10.7. The maximum atomic E-state index is 13.0. The summed E-state index contributed by atoms with van der Waals surface area (Å²) in [6, 6.07) is 21.9. The van der Waals surface area contributed by atoms with E-state index in [1.807, 2.05) is 30.3 Å². The van der Waals surface area contributed by atoms with Crippen molar-refractivity contribution in [3.63, 3.8) is 0 Å². The third-order valence-electron chi connectivity index (χ3n) is 5.22. The molecule has 0 unspecified atom stereocenters. The van der Waals surface area contributed by atoms with Gasteiger partial charge in [-0.25, -0.2) is 13.9 Å². The Hall–Kier alpha value is -4.33. The van der Waals surface area contributed by atoms with E-state index in [-0.39, 0.29) is 23.6 Å². The fourth-order valence-corrected chi connectivity index (χ4v) is 3.50. The van der Waals surface area contributed by atoms with E-state index in [2.05, 4.69) is 10.4 Å². The number of ether oxygens (including phenoxy) is 1. The van der Waals surface area contributed by atoms with Crippen LogP contribution in [-0.2, 0) is 22.5 Å². The number of aromatic nitrogens is 2. The van der Waals surface area contributed by atoms with Gasteiger partial charge in [0.15, 0.2) is 12.3 Å². The molecule has 0 aliphatic rings. The highest BCUT2D eigenvalue weighted by Gasteiger charge is 2.19. The zero-order valence-electron chi connectivity index (χ0n) is 18.2. The predicted octanol–water partition coefficient (Wildman–Crippen LogP) is 3.10. The summed E-state index contributed by atoms with van der Waals surface area (Å²) in [5, 5.41) is 7.60. The quantitative estimate of drug-likeness (QED) is 0.409. The molecule has 0 atom stereocenters. The standard InChI is InChI=1S/C26H22FN3O4/c27-20-12-10-18(11-13-20)14-15-28-23(31)17-34-26(33)24-21-8-4-5-9-22(21)25(32)30(29-24)16-19-6-2-1-3-7-19/h1-13H,14-17H2,(H,28,31). The predicted molar refractivity (Wildman–Crippen MR) is 125 cm³/mol. The average molecular weight is 459 g/mol. The Morgan fingerprint density at radius 2 is 1.56 bits per heavy atom. The fraction of sp³-hybridized carbons (Fsp3) is 0.154. The summed E-state index contributed by atoms with van der Waals surface area (Å²) in [5.74, 6) is -1.60. The minimum Gasteiger partial charge on any atom is -0.451 e. The van der Waals surface area contributed by atoms with Gasteiger partial charge in [0.05, 0.1) is 11.9 Å². The van der Waals surface area contributed by atoms with Gasteiger partial charge in [0.1, 0.15) is 5.82 Å². The molecule has 172 valence electrons. The summed E-state index contributed by atoms with van der Waals surface area (Å²) >= 11 is 0. The number of amides is 1. The van der Waals surface area contributed by atoms with Gasteiger partial charge in [0, 0.05) is 11.9 Å². The molecule has 8 heteroatoms. The summed E-state index contributed by atoms with van der Waals surface area (Å²) in [5.41, 5.74) is 1.36. The monoisotopic (exact) mass is 459 g/mol. The molecule has 1 heterocycles. The summed E-state index contributed by atoms with van der Waals surface area (Å²) in [4.78, 5) is 37.8. The number of hydrogen-bond acceptors (Lipinski definition) is 5. The van der Waals surface area contributed by atoms with Crippen molar-refractivity contribution in [2.24, 2.45) is 0 Å². The lowest BCUT2D eigenvalue weighted by Gasteiger charge is -2.11. The molecule has 0 saturated heterocycles. The number of halogens is 1. The van der Waals surface area contributed by atoms with Gasteiger partial charge < -0.3 is 10.1 Å². The van der Waals surface area contributed by atoms with Crippen LogP contribution >= 0.6 is 0 Å². The number of carbonyl (C=O) groups is 2. The van der Waals surface area contributed by atoms with Crippen molar-refractivity contribution in [1.82, 2.24) is 15.1 Å². The molecule has 1 amide bonds. The lowest BCUT2D eigenvalue weighted by Crippen LogP contribution is -2.31. The summed E-state index contributed by atoms with van der Waals surface area (Å²) in [6.07, 6.45) is 0.511. The van der Waals surface area contributed by atoms with Crippen LogP contribution < -0.4 is 10.9 Å². The van der Waals surface area contributed by atoms with E-state index in [0.717, 1.165) is 11.1 Å². The Labute approximate surface area is 194 Å². The Balaban J connectivity index is 1.44. The first-order chi connectivity index (χ1) is 16.5. The third-order valence-corrected chi connectivity index (χ3v) is 5.22.